The SMILES string of the molecule is CCc1c(O)n(-c2ccc(OC(F)F)cc2)c(=O)[nH]c1=O. The van der Waals surface area contributed by atoms with Crippen LogP contribution in [0.1, 0.15) is 12.5 Å². The Morgan fingerprint density at radius 3 is 2.43 bits per heavy atom. The van der Waals surface area contributed by atoms with E-state index in [1.165, 1.54) is 24.3 Å². The van der Waals surface area contributed by atoms with Crippen molar-refractivity contribution < 1.29 is 18.6 Å². The summed E-state index contributed by atoms with van der Waals surface area (Å²) in [5.74, 6) is -0.560. The minimum Gasteiger partial charge on any atom is -0.494 e. The first-order valence-electron chi connectivity index (χ1n) is 6.06. The topological polar surface area (TPSA) is 84.3 Å². The molecule has 0 aliphatic heterocycles. The lowest BCUT2D eigenvalue weighted by atomic mass is 10.2. The molecular weight excluding hydrogens is 286 g/mol. The number of aromatic hydroxyl groups is 1. The van der Waals surface area contributed by atoms with Crippen LogP contribution in [0.2, 0.25) is 0 Å². The first kappa shape index (κ1) is 14.8. The van der Waals surface area contributed by atoms with Crippen LogP contribution in [0.5, 0.6) is 11.6 Å². The molecule has 0 radical (unpaired) electrons. The molecule has 1 aromatic carbocycles. The molecule has 2 N–H and O–H groups in total. The maximum absolute atomic E-state index is 12.1. The second-order valence-electron chi connectivity index (χ2n) is 4.12. The van der Waals surface area contributed by atoms with E-state index in [0.29, 0.717) is 0 Å². The molecule has 0 atom stereocenters. The lowest BCUT2D eigenvalue weighted by molar-refractivity contribution is -0.0498. The summed E-state index contributed by atoms with van der Waals surface area (Å²) < 4.78 is 29.2. The number of rotatable bonds is 4. The molecule has 8 heteroatoms. The van der Waals surface area contributed by atoms with E-state index in [0.717, 1.165) is 4.57 Å². The summed E-state index contributed by atoms with van der Waals surface area (Å²) in [4.78, 5) is 25.4. The number of aromatic amines is 1. The molecule has 0 spiro atoms. The highest BCUT2D eigenvalue weighted by Gasteiger charge is 2.14. The van der Waals surface area contributed by atoms with Crippen LogP contribution >= 0.6 is 0 Å². The average molecular weight is 298 g/mol. The molecule has 0 saturated carbocycles. The summed E-state index contributed by atoms with van der Waals surface area (Å²) in [6.07, 6.45) is 0.230. The molecule has 0 unspecified atom stereocenters. The van der Waals surface area contributed by atoms with Crippen molar-refractivity contribution in [2.45, 2.75) is 20.0 Å². The fraction of sp³-hybridized carbons (Fsp3) is 0.231. The molecule has 6 nitrogen and oxygen atoms in total. The van der Waals surface area contributed by atoms with Crippen molar-refractivity contribution in [3.05, 3.63) is 50.7 Å². The van der Waals surface area contributed by atoms with Crippen LogP contribution in [-0.2, 0) is 6.42 Å². The Kier molecular flexibility index (Phi) is 4.06. The Balaban J connectivity index is 2.52. The second-order valence-corrected chi connectivity index (χ2v) is 4.12. The van der Waals surface area contributed by atoms with Crippen LogP contribution in [0.4, 0.5) is 8.78 Å². The zero-order valence-electron chi connectivity index (χ0n) is 11.0. The highest BCUT2D eigenvalue weighted by atomic mass is 19.3. The molecule has 1 aromatic heterocycles. The van der Waals surface area contributed by atoms with Gasteiger partial charge in [0.15, 0.2) is 0 Å². The van der Waals surface area contributed by atoms with Gasteiger partial charge in [0.05, 0.1) is 11.3 Å². The number of ether oxygens (including phenoxy) is 1. The molecule has 1 heterocycles. The fourth-order valence-corrected chi connectivity index (χ4v) is 1.90. The van der Waals surface area contributed by atoms with Gasteiger partial charge >= 0.3 is 12.3 Å². The molecule has 112 valence electrons. The molecule has 0 fully saturated rings. The zero-order valence-corrected chi connectivity index (χ0v) is 11.0. The third-order valence-corrected chi connectivity index (χ3v) is 2.85. The maximum Gasteiger partial charge on any atom is 0.387 e. The Bertz CT molecular complexity index is 750. The number of alkyl halides is 2. The minimum atomic E-state index is -2.95. The van der Waals surface area contributed by atoms with E-state index in [1.54, 1.807) is 6.92 Å². The first-order valence-corrected chi connectivity index (χ1v) is 6.06. The van der Waals surface area contributed by atoms with Crippen LogP contribution in [-0.4, -0.2) is 21.3 Å². The van der Waals surface area contributed by atoms with E-state index in [-0.39, 0.29) is 23.4 Å². The first-order chi connectivity index (χ1) is 9.93. The van der Waals surface area contributed by atoms with Gasteiger partial charge < -0.3 is 9.84 Å². The van der Waals surface area contributed by atoms with Crippen molar-refractivity contribution in [2.24, 2.45) is 0 Å². The maximum atomic E-state index is 12.1. The smallest absolute Gasteiger partial charge is 0.387 e. The van der Waals surface area contributed by atoms with Crippen molar-refractivity contribution in [3.8, 4) is 17.3 Å². The van der Waals surface area contributed by atoms with E-state index >= 15 is 0 Å². The molecule has 21 heavy (non-hydrogen) atoms. The number of nitrogens with one attached hydrogen (secondary N) is 1. The van der Waals surface area contributed by atoms with Gasteiger partial charge in [-0.2, -0.15) is 8.78 Å². The van der Waals surface area contributed by atoms with Gasteiger partial charge in [0.2, 0.25) is 5.88 Å². The second kappa shape index (κ2) is 5.78. The third-order valence-electron chi connectivity index (χ3n) is 2.85. The van der Waals surface area contributed by atoms with Gasteiger partial charge in [-0.15, -0.1) is 0 Å². The van der Waals surface area contributed by atoms with Gasteiger partial charge in [0.1, 0.15) is 5.75 Å². The average Bonchev–Trinajstić information content (AvgIpc) is 2.40. The number of aromatic nitrogens is 2. The highest BCUT2D eigenvalue weighted by Crippen LogP contribution is 2.20. The molecule has 0 amide bonds. The van der Waals surface area contributed by atoms with Crippen molar-refractivity contribution in [1.29, 1.82) is 0 Å². The fourth-order valence-electron chi connectivity index (χ4n) is 1.90. The molecule has 0 aliphatic rings. The van der Waals surface area contributed by atoms with Gasteiger partial charge in [-0.05, 0) is 30.7 Å². The van der Waals surface area contributed by atoms with Crippen LogP contribution in [0.25, 0.3) is 5.69 Å². The number of hydrogen-bond acceptors (Lipinski definition) is 4. The van der Waals surface area contributed by atoms with Crippen molar-refractivity contribution >= 4 is 0 Å². The van der Waals surface area contributed by atoms with E-state index in [2.05, 4.69) is 9.72 Å². The van der Waals surface area contributed by atoms with E-state index < -0.39 is 23.7 Å². The molecule has 0 bridgehead atoms. The largest absolute Gasteiger partial charge is 0.494 e. The molecule has 2 rings (SSSR count). The monoisotopic (exact) mass is 298 g/mol. The molecular formula is C13H12F2N2O4. The van der Waals surface area contributed by atoms with Crippen molar-refractivity contribution in [2.75, 3.05) is 0 Å². The van der Waals surface area contributed by atoms with Crippen molar-refractivity contribution in [1.82, 2.24) is 9.55 Å². The van der Waals surface area contributed by atoms with E-state index in [9.17, 15) is 23.5 Å². The lowest BCUT2D eigenvalue weighted by Gasteiger charge is -2.11. The standard InChI is InChI=1S/C13H12F2N2O4/c1-2-9-10(18)16-13(20)17(11(9)19)7-3-5-8(6-4-7)21-12(14)15/h3-6,12,19H,2H2,1H3,(H,16,18,20). The van der Waals surface area contributed by atoms with Gasteiger partial charge in [-0.3, -0.25) is 9.78 Å². The van der Waals surface area contributed by atoms with Crippen molar-refractivity contribution in [3.63, 3.8) is 0 Å². The number of benzene rings is 1. The van der Waals surface area contributed by atoms with Crippen LogP contribution < -0.4 is 16.0 Å². The van der Waals surface area contributed by atoms with Gasteiger partial charge in [0, 0.05) is 0 Å². The number of hydrogen-bond donors (Lipinski definition) is 2. The number of H-pyrrole nitrogens is 1. The predicted octanol–water partition coefficient (Wildman–Crippen LogP) is 1.40. The summed E-state index contributed by atoms with van der Waals surface area (Å²) in [7, 11) is 0. The Morgan fingerprint density at radius 1 is 1.29 bits per heavy atom. The molecule has 0 aliphatic carbocycles. The van der Waals surface area contributed by atoms with Gasteiger partial charge in [-0.25, -0.2) is 9.36 Å². The summed E-state index contributed by atoms with van der Waals surface area (Å²) in [5, 5.41) is 10.0. The van der Waals surface area contributed by atoms with Gasteiger partial charge in [-0.1, -0.05) is 6.92 Å². The lowest BCUT2D eigenvalue weighted by Crippen LogP contribution is -2.31. The highest BCUT2D eigenvalue weighted by molar-refractivity contribution is 5.41. The normalized spacial score (nSPS) is 10.9. The summed E-state index contributed by atoms with van der Waals surface area (Å²) >= 11 is 0. The number of halogens is 2. The van der Waals surface area contributed by atoms with E-state index in [1.807, 2.05) is 0 Å². The zero-order chi connectivity index (χ0) is 15.6. The van der Waals surface area contributed by atoms with E-state index in [4.69, 9.17) is 0 Å². The summed E-state index contributed by atoms with van der Waals surface area (Å²) in [6.45, 7) is -1.30. The minimum absolute atomic E-state index is 0.0579. The summed E-state index contributed by atoms with van der Waals surface area (Å²) in [6, 6.07) is 5.08. The van der Waals surface area contributed by atoms with Gasteiger partial charge in [0.25, 0.3) is 5.56 Å². The molecule has 0 saturated heterocycles. The number of nitrogens with zero attached hydrogens (tertiary/aromatic N) is 1. The molecule has 2 aromatic rings. The summed E-state index contributed by atoms with van der Waals surface area (Å²) in [5.41, 5.74) is -1.21. The van der Waals surface area contributed by atoms with Crippen LogP contribution in [0.15, 0.2) is 33.9 Å². The van der Waals surface area contributed by atoms with Crippen LogP contribution in [0, 0.1) is 0 Å². The predicted molar refractivity (Wildman–Crippen MR) is 70.3 cm³/mol. The Morgan fingerprint density at radius 2 is 1.90 bits per heavy atom. The van der Waals surface area contributed by atoms with Crippen LogP contribution in [0.3, 0.4) is 0 Å². The third kappa shape index (κ3) is 2.93. The quantitative estimate of drug-likeness (QED) is 0.893. The Labute approximate surface area is 117 Å². The Hall–Kier alpha value is -2.64.